The Morgan fingerprint density at radius 2 is 2.00 bits per heavy atom. The molecule has 0 atom stereocenters. The first-order chi connectivity index (χ1) is 8.60. The third-order valence-corrected chi connectivity index (χ3v) is 2.87. The predicted octanol–water partition coefficient (Wildman–Crippen LogP) is 4.40. The van der Waals surface area contributed by atoms with Crippen LogP contribution in [0.5, 0.6) is 0 Å². The van der Waals surface area contributed by atoms with Crippen LogP contribution in [0, 0.1) is 24.1 Å². The normalized spacial score (nSPS) is 9.89. The Bertz CT molecular complexity index is 632. The van der Waals surface area contributed by atoms with Crippen molar-refractivity contribution >= 4 is 23.0 Å². The van der Waals surface area contributed by atoms with Gasteiger partial charge in [-0.1, -0.05) is 11.6 Å². The van der Waals surface area contributed by atoms with Crippen LogP contribution in [0.15, 0.2) is 36.4 Å². The molecule has 0 bridgehead atoms. The lowest BCUT2D eigenvalue weighted by Gasteiger charge is -2.10. The van der Waals surface area contributed by atoms with Crippen molar-refractivity contribution in [1.29, 1.82) is 5.26 Å². The highest BCUT2D eigenvalue weighted by Gasteiger charge is 2.03. The van der Waals surface area contributed by atoms with Gasteiger partial charge in [-0.25, -0.2) is 4.39 Å². The van der Waals surface area contributed by atoms with Gasteiger partial charge >= 0.3 is 0 Å². The molecule has 2 aromatic rings. The number of hydrogen-bond donors (Lipinski definition) is 1. The fourth-order valence-corrected chi connectivity index (χ4v) is 1.83. The van der Waals surface area contributed by atoms with Gasteiger partial charge in [0.1, 0.15) is 11.9 Å². The minimum absolute atomic E-state index is 0.268. The first-order valence-corrected chi connectivity index (χ1v) is 5.71. The molecule has 0 fully saturated rings. The zero-order valence-electron chi connectivity index (χ0n) is 9.67. The number of aryl methyl sites for hydroxylation is 1. The van der Waals surface area contributed by atoms with Crippen LogP contribution in [0.1, 0.15) is 11.1 Å². The van der Waals surface area contributed by atoms with Gasteiger partial charge in [0.25, 0.3) is 0 Å². The maximum atomic E-state index is 13.0. The zero-order chi connectivity index (χ0) is 13.1. The summed E-state index contributed by atoms with van der Waals surface area (Å²) in [6, 6.07) is 11.6. The molecule has 0 saturated heterocycles. The van der Waals surface area contributed by atoms with Gasteiger partial charge in [-0.3, -0.25) is 0 Å². The number of rotatable bonds is 2. The lowest BCUT2D eigenvalue weighted by atomic mass is 10.1. The third kappa shape index (κ3) is 2.61. The van der Waals surface area contributed by atoms with Crippen molar-refractivity contribution in [2.45, 2.75) is 6.92 Å². The molecule has 0 heterocycles. The molecule has 0 spiro atoms. The number of benzene rings is 2. The van der Waals surface area contributed by atoms with E-state index < -0.39 is 0 Å². The van der Waals surface area contributed by atoms with Crippen LogP contribution in [0.2, 0.25) is 5.02 Å². The van der Waals surface area contributed by atoms with Crippen molar-refractivity contribution in [3.63, 3.8) is 0 Å². The second kappa shape index (κ2) is 5.07. The number of nitriles is 1. The monoisotopic (exact) mass is 260 g/mol. The smallest absolute Gasteiger partial charge is 0.123 e. The van der Waals surface area contributed by atoms with E-state index in [0.717, 1.165) is 16.9 Å². The minimum Gasteiger partial charge on any atom is -0.355 e. The number of nitrogens with one attached hydrogen (secondary N) is 1. The molecule has 0 aliphatic heterocycles. The van der Waals surface area contributed by atoms with Gasteiger partial charge in [0.05, 0.1) is 10.6 Å². The Morgan fingerprint density at radius 1 is 1.22 bits per heavy atom. The maximum Gasteiger partial charge on any atom is 0.123 e. The molecular weight excluding hydrogens is 251 g/mol. The summed E-state index contributed by atoms with van der Waals surface area (Å²) < 4.78 is 13.0. The van der Waals surface area contributed by atoms with Gasteiger partial charge in [-0.05, 0) is 48.9 Å². The topological polar surface area (TPSA) is 35.8 Å². The van der Waals surface area contributed by atoms with Gasteiger partial charge < -0.3 is 5.32 Å². The summed E-state index contributed by atoms with van der Waals surface area (Å²) >= 11 is 5.94. The van der Waals surface area contributed by atoms with Crippen LogP contribution in [0.4, 0.5) is 15.8 Å². The highest BCUT2D eigenvalue weighted by Crippen LogP contribution is 2.25. The summed E-state index contributed by atoms with van der Waals surface area (Å²) in [6.07, 6.45) is 0. The van der Waals surface area contributed by atoms with Crippen LogP contribution in [-0.4, -0.2) is 0 Å². The van der Waals surface area contributed by atoms with Crippen LogP contribution < -0.4 is 5.32 Å². The Labute approximate surface area is 110 Å². The van der Waals surface area contributed by atoms with Gasteiger partial charge in [0, 0.05) is 11.4 Å². The molecule has 0 unspecified atom stereocenters. The first-order valence-electron chi connectivity index (χ1n) is 5.33. The molecule has 0 radical (unpaired) electrons. The van der Waals surface area contributed by atoms with Gasteiger partial charge in [0.2, 0.25) is 0 Å². The summed E-state index contributed by atoms with van der Waals surface area (Å²) in [4.78, 5) is 0. The van der Waals surface area contributed by atoms with Crippen molar-refractivity contribution < 1.29 is 4.39 Å². The highest BCUT2D eigenvalue weighted by atomic mass is 35.5. The molecule has 0 aliphatic carbocycles. The average Bonchev–Trinajstić information content (AvgIpc) is 2.33. The fraction of sp³-hybridized carbons (Fsp3) is 0.0714. The van der Waals surface area contributed by atoms with E-state index in [0.29, 0.717) is 10.6 Å². The summed E-state index contributed by atoms with van der Waals surface area (Å²) in [5.41, 5.74) is 2.79. The largest absolute Gasteiger partial charge is 0.355 e. The Kier molecular flexibility index (Phi) is 3.50. The molecule has 0 saturated carbocycles. The molecule has 0 aliphatic rings. The van der Waals surface area contributed by atoms with E-state index in [2.05, 4.69) is 5.32 Å². The summed E-state index contributed by atoms with van der Waals surface area (Å²) in [5, 5.41) is 12.3. The van der Waals surface area contributed by atoms with Crippen molar-refractivity contribution in [3.8, 4) is 6.07 Å². The fourth-order valence-electron chi connectivity index (χ4n) is 1.61. The highest BCUT2D eigenvalue weighted by molar-refractivity contribution is 6.32. The maximum absolute atomic E-state index is 13.0. The van der Waals surface area contributed by atoms with Gasteiger partial charge in [-0.2, -0.15) is 5.26 Å². The van der Waals surface area contributed by atoms with Crippen LogP contribution in [0.25, 0.3) is 0 Å². The SMILES string of the molecule is Cc1cc(F)ccc1Nc1ccc(C#N)c(Cl)c1. The van der Waals surface area contributed by atoms with E-state index in [1.165, 1.54) is 12.1 Å². The standard InChI is InChI=1S/C14H10ClFN2/c1-9-6-11(16)3-5-14(9)18-12-4-2-10(8-17)13(15)7-12/h2-7,18H,1H3. The van der Waals surface area contributed by atoms with Gasteiger partial charge in [-0.15, -0.1) is 0 Å². The van der Waals surface area contributed by atoms with Crippen LogP contribution in [-0.2, 0) is 0 Å². The van der Waals surface area contributed by atoms with E-state index >= 15 is 0 Å². The number of halogens is 2. The quantitative estimate of drug-likeness (QED) is 0.869. The molecule has 0 amide bonds. The lowest BCUT2D eigenvalue weighted by molar-refractivity contribution is 0.627. The summed E-state index contributed by atoms with van der Waals surface area (Å²) in [7, 11) is 0. The predicted molar refractivity (Wildman–Crippen MR) is 70.6 cm³/mol. The summed E-state index contributed by atoms with van der Waals surface area (Å²) in [6.45, 7) is 1.82. The first kappa shape index (κ1) is 12.4. The number of nitrogens with zero attached hydrogens (tertiary/aromatic N) is 1. The Balaban J connectivity index is 2.29. The molecule has 2 rings (SSSR count). The lowest BCUT2D eigenvalue weighted by Crippen LogP contribution is -1.94. The number of hydrogen-bond acceptors (Lipinski definition) is 2. The molecule has 18 heavy (non-hydrogen) atoms. The van der Waals surface area contributed by atoms with Crippen LogP contribution >= 0.6 is 11.6 Å². The zero-order valence-corrected chi connectivity index (χ0v) is 10.4. The second-order valence-electron chi connectivity index (χ2n) is 3.89. The molecule has 4 heteroatoms. The molecule has 2 nitrogen and oxygen atoms in total. The molecule has 0 aromatic heterocycles. The van der Waals surface area contributed by atoms with Crippen molar-refractivity contribution in [1.82, 2.24) is 0 Å². The van der Waals surface area contributed by atoms with Crippen molar-refractivity contribution in [2.75, 3.05) is 5.32 Å². The van der Waals surface area contributed by atoms with E-state index in [4.69, 9.17) is 16.9 Å². The van der Waals surface area contributed by atoms with Gasteiger partial charge in [0.15, 0.2) is 0 Å². The minimum atomic E-state index is -0.268. The molecule has 2 aromatic carbocycles. The van der Waals surface area contributed by atoms with E-state index in [9.17, 15) is 4.39 Å². The van der Waals surface area contributed by atoms with Crippen LogP contribution in [0.3, 0.4) is 0 Å². The molecule has 90 valence electrons. The molecular formula is C14H10ClFN2. The summed E-state index contributed by atoms with van der Waals surface area (Å²) in [5.74, 6) is -0.268. The van der Waals surface area contributed by atoms with E-state index in [-0.39, 0.29) is 5.82 Å². The van der Waals surface area contributed by atoms with Crippen molar-refractivity contribution in [2.24, 2.45) is 0 Å². The van der Waals surface area contributed by atoms with Crippen molar-refractivity contribution in [3.05, 3.63) is 58.4 Å². The third-order valence-electron chi connectivity index (χ3n) is 2.56. The van der Waals surface area contributed by atoms with E-state index in [1.54, 1.807) is 24.3 Å². The Hall–Kier alpha value is -2.05. The van der Waals surface area contributed by atoms with E-state index in [1.807, 2.05) is 13.0 Å². The second-order valence-corrected chi connectivity index (χ2v) is 4.30. The Morgan fingerprint density at radius 3 is 2.61 bits per heavy atom. The number of anilines is 2. The molecule has 1 N–H and O–H groups in total. The average molecular weight is 261 g/mol.